The van der Waals surface area contributed by atoms with Gasteiger partial charge in [0.1, 0.15) is 0 Å². The molecule has 1 aliphatic rings. The van der Waals surface area contributed by atoms with Crippen molar-refractivity contribution in [2.45, 2.75) is 12.6 Å². The molecule has 0 bridgehead atoms. The molecule has 0 N–H and O–H groups in total. The van der Waals surface area contributed by atoms with Gasteiger partial charge in [0.05, 0.1) is 6.42 Å². The van der Waals surface area contributed by atoms with Crippen LogP contribution in [0.1, 0.15) is 6.42 Å². The molecule has 46 valence electrons. The quantitative estimate of drug-likeness (QED) is 0.467. The monoisotopic (exact) mass is 122 g/mol. The van der Waals surface area contributed by atoms with Crippen molar-refractivity contribution >= 4 is 0 Å². The van der Waals surface area contributed by atoms with E-state index in [1.807, 2.05) is 0 Å². The van der Waals surface area contributed by atoms with Crippen LogP contribution in [0.25, 0.3) is 0 Å². The van der Waals surface area contributed by atoms with Gasteiger partial charge in [-0.3, -0.25) is 0 Å². The van der Waals surface area contributed by atoms with Gasteiger partial charge in [0.25, 0.3) is 0 Å². The Bertz CT molecular complexity index is 105. The smallest absolute Gasteiger partial charge is 0.171 e. The Kier molecular flexibility index (Phi) is 1.06. The van der Waals surface area contributed by atoms with Crippen molar-refractivity contribution in [1.82, 2.24) is 0 Å². The first-order valence-corrected chi connectivity index (χ1v) is 2.33. The Morgan fingerprint density at radius 1 is 1.25 bits per heavy atom. The van der Waals surface area contributed by atoms with Gasteiger partial charge in [-0.1, -0.05) is 12.2 Å². The largest absolute Gasteiger partial charge is 0.389 e. The Hall–Kier alpha value is -0.470. The molecule has 0 aromatic rings. The third-order valence-electron chi connectivity index (χ3n) is 0.932. The zero-order valence-electron chi connectivity index (χ0n) is 4.07. The summed E-state index contributed by atoms with van der Waals surface area (Å²) in [6.45, 7) is 0. The van der Waals surface area contributed by atoms with Crippen LogP contribution in [0, 0.1) is 5.92 Å². The Balaban J connectivity index is 2.17. The molecule has 0 aromatic carbocycles. The van der Waals surface area contributed by atoms with Crippen LogP contribution in [0.15, 0.2) is 12.2 Å². The van der Waals surface area contributed by atoms with Crippen LogP contribution in [0.3, 0.4) is 0 Å². The zero-order chi connectivity index (χ0) is 6.20. The second-order valence-corrected chi connectivity index (χ2v) is 1.87. The van der Waals surface area contributed by atoms with Gasteiger partial charge < -0.3 is 0 Å². The van der Waals surface area contributed by atoms with E-state index < -0.39 is 12.6 Å². The molecule has 0 spiro atoms. The molecule has 0 saturated carbocycles. The average Bonchev–Trinajstić information content (AvgIpc) is 2.12. The molecule has 0 amide bonds. The maximum Gasteiger partial charge on any atom is 0.389 e. The lowest BCUT2D eigenvalue weighted by Gasteiger charge is -2.02. The van der Waals surface area contributed by atoms with E-state index in [0.717, 1.165) is 0 Å². The summed E-state index contributed by atoms with van der Waals surface area (Å²) in [4.78, 5) is 0. The van der Waals surface area contributed by atoms with E-state index in [1.54, 1.807) is 12.2 Å². The molecule has 0 radical (unpaired) electrons. The average molecular weight is 122 g/mol. The van der Waals surface area contributed by atoms with Gasteiger partial charge in [-0.15, -0.1) is 0 Å². The van der Waals surface area contributed by atoms with Crippen LogP contribution in [-0.2, 0) is 0 Å². The number of allylic oxidation sites excluding steroid dienone is 2. The van der Waals surface area contributed by atoms with E-state index >= 15 is 0 Å². The Morgan fingerprint density at radius 2 is 1.75 bits per heavy atom. The summed E-state index contributed by atoms with van der Waals surface area (Å²) in [5, 5.41) is 0. The SMILES string of the molecule is FC(F)(F)CC1C=C1. The second kappa shape index (κ2) is 1.50. The van der Waals surface area contributed by atoms with E-state index in [4.69, 9.17) is 0 Å². The van der Waals surface area contributed by atoms with E-state index in [9.17, 15) is 13.2 Å². The topological polar surface area (TPSA) is 0 Å². The summed E-state index contributed by atoms with van der Waals surface area (Å²) < 4.78 is 33.9. The molecule has 0 fully saturated rings. The highest BCUT2D eigenvalue weighted by Gasteiger charge is 2.32. The fourth-order valence-electron chi connectivity index (χ4n) is 0.482. The minimum atomic E-state index is -3.98. The van der Waals surface area contributed by atoms with Gasteiger partial charge in [0.15, 0.2) is 0 Å². The van der Waals surface area contributed by atoms with Gasteiger partial charge in [-0.25, -0.2) is 0 Å². The summed E-state index contributed by atoms with van der Waals surface area (Å²) >= 11 is 0. The fourth-order valence-corrected chi connectivity index (χ4v) is 0.482. The highest BCUT2D eigenvalue weighted by Crippen LogP contribution is 2.31. The summed E-state index contributed by atoms with van der Waals surface area (Å²) in [6.07, 6.45) is -1.55. The lowest BCUT2D eigenvalue weighted by atomic mass is 10.3. The Labute approximate surface area is 45.0 Å². The van der Waals surface area contributed by atoms with Gasteiger partial charge in [-0.05, 0) is 0 Å². The van der Waals surface area contributed by atoms with Crippen molar-refractivity contribution in [3.8, 4) is 0 Å². The number of halogens is 3. The maximum absolute atomic E-state index is 11.3. The normalized spacial score (nSPS) is 19.4. The lowest BCUT2D eigenvalue weighted by molar-refractivity contribution is -0.136. The van der Waals surface area contributed by atoms with Crippen LogP contribution in [0.2, 0.25) is 0 Å². The molecule has 0 atom stereocenters. The first-order chi connectivity index (χ1) is 3.58. The summed E-state index contributed by atoms with van der Waals surface area (Å²) in [6, 6.07) is 0. The predicted molar refractivity (Wildman–Crippen MR) is 23.3 cm³/mol. The predicted octanol–water partition coefficient (Wildman–Crippen LogP) is 2.12. The van der Waals surface area contributed by atoms with Crippen molar-refractivity contribution in [1.29, 1.82) is 0 Å². The molecule has 0 saturated heterocycles. The van der Waals surface area contributed by atoms with Crippen LogP contribution < -0.4 is 0 Å². The third-order valence-corrected chi connectivity index (χ3v) is 0.932. The van der Waals surface area contributed by atoms with Gasteiger partial charge >= 0.3 is 6.18 Å². The van der Waals surface area contributed by atoms with E-state index in [2.05, 4.69) is 0 Å². The van der Waals surface area contributed by atoms with Gasteiger partial charge in [0.2, 0.25) is 0 Å². The highest BCUT2D eigenvalue weighted by atomic mass is 19.4. The van der Waals surface area contributed by atoms with Crippen LogP contribution in [0.5, 0.6) is 0 Å². The third kappa shape index (κ3) is 2.00. The molecule has 1 aliphatic carbocycles. The summed E-state index contributed by atoms with van der Waals surface area (Å²) in [7, 11) is 0. The molecular weight excluding hydrogens is 117 g/mol. The zero-order valence-corrected chi connectivity index (χ0v) is 4.07. The van der Waals surface area contributed by atoms with Crippen molar-refractivity contribution in [2.24, 2.45) is 5.92 Å². The molecule has 0 unspecified atom stereocenters. The highest BCUT2D eigenvalue weighted by molar-refractivity contribution is 5.13. The number of rotatable bonds is 1. The number of hydrogen-bond acceptors (Lipinski definition) is 0. The minimum absolute atomic E-state index is 0.282. The van der Waals surface area contributed by atoms with Crippen molar-refractivity contribution in [3.63, 3.8) is 0 Å². The van der Waals surface area contributed by atoms with E-state index in [1.165, 1.54) is 0 Å². The van der Waals surface area contributed by atoms with Crippen LogP contribution in [0.4, 0.5) is 13.2 Å². The first kappa shape index (κ1) is 5.66. The van der Waals surface area contributed by atoms with Crippen molar-refractivity contribution in [2.75, 3.05) is 0 Å². The number of alkyl halides is 3. The molecule has 8 heavy (non-hydrogen) atoms. The van der Waals surface area contributed by atoms with Gasteiger partial charge in [0, 0.05) is 5.92 Å². The fraction of sp³-hybridized carbons (Fsp3) is 0.600. The molecule has 0 aliphatic heterocycles. The molecular formula is C5H5F3. The summed E-state index contributed by atoms with van der Waals surface area (Å²) in [5.74, 6) is -0.282. The Morgan fingerprint density at radius 3 is 1.88 bits per heavy atom. The van der Waals surface area contributed by atoms with Crippen molar-refractivity contribution in [3.05, 3.63) is 12.2 Å². The first-order valence-electron chi connectivity index (χ1n) is 2.33. The second-order valence-electron chi connectivity index (χ2n) is 1.87. The molecule has 3 heteroatoms. The lowest BCUT2D eigenvalue weighted by Crippen LogP contribution is -2.07. The molecule has 0 heterocycles. The number of hydrogen-bond donors (Lipinski definition) is 0. The summed E-state index contributed by atoms with van der Waals surface area (Å²) in [5.41, 5.74) is 0. The standard InChI is InChI=1S/C5H5F3/c6-5(7,8)3-4-1-2-4/h1-2,4H,3H2. The van der Waals surface area contributed by atoms with Gasteiger partial charge in [-0.2, -0.15) is 13.2 Å². The van der Waals surface area contributed by atoms with Crippen LogP contribution >= 0.6 is 0 Å². The molecule has 1 rings (SSSR count). The van der Waals surface area contributed by atoms with E-state index in [0.29, 0.717) is 0 Å². The minimum Gasteiger partial charge on any atom is -0.171 e. The van der Waals surface area contributed by atoms with Crippen molar-refractivity contribution < 1.29 is 13.2 Å². The van der Waals surface area contributed by atoms with E-state index in [-0.39, 0.29) is 5.92 Å². The molecule has 0 nitrogen and oxygen atoms in total. The van der Waals surface area contributed by atoms with Crippen LogP contribution in [-0.4, -0.2) is 6.18 Å². The maximum atomic E-state index is 11.3. The molecule has 0 aromatic heterocycles.